The highest BCUT2D eigenvalue weighted by molar-refractivity contribution is 7.91. The quantitative estimate of drug-likeness (QED) is 0.820. The molecule has 1 aromatic rings. The van der Waals surface area contributed by atoms with E-state index in [1.165, 1.54) is 15.6 Å². The summed E-state index contributed by atoms with van der Waals surface area (Å²) < 4.78 is 32.0. The predicted octanol–water partition coefficient (Wildman–Crippen LogP) is 1.14. The normalized spacial score (nSPS) is 20.2. The number of nitrogens with zero attached hydrogens (tertiary/aromatic N) is 1. The largest absolute Gasteiger partial charge is 0.383 e. The van der Waals surface area contributed by atoms with E-state index in [4.69, 9.17) is 4.74 Å². The third-order valence-corrected chi connectivity index (χ3v) is 6.46. The summed E-state index contributed by atoms with van der Waals surface area (Å²) in [6.45, 7) is 2.30. The first kappa shape index (κ1) is 14.9. The Morgan fingerprint density at radius 2 is 2.42 bits per heavy atom. The van der Waals surface area contributed by atoms with Crippen LogP contribution in [0.5, 0.6) is 0 Å². The molecule has 7 heteroatoms. The lowest BCUT2D eigenvalue weighted by molar-refractivity contribution is 0.176. The minimum absolute atomic E-state index is 0.256. The van der Waals surface area contributed by atoms with Crippen molar-refractivity contribution in [3.8, 4) is 0 Å². The van der Waals surface area contributed by atoms with Crippen LogP contribution in [-0.4, -0.2) is 52.1 Å². The number of thiophene rings is 1. The average Bonchev–Trinajstić information content (AvgIpc) is 3.06. The maximum Gasteiger partial charge on any atom is 0.252 e. The summed E-state index contributed by atoms with van der Waals surface area (Å²) in [6.07, 6.45) is 2.14. The Bertz CT molecular complexity index is 467. The van der Waals surface area contributed by atoms with Crippen LogP contribution in [0.2, 0.25) is 0 Å². The molecule has 1 N–H and O–H groups in total. The van der Waals surface area contributed by atoms with Crippen LogP contribution in [0.25, 0.3) is 0 Å². The second kappa shape index (κ2) is 6.81. The monoisotopic (exact) mass is 304 g/mol. The number of sulfonamides is 1. The van der Waals surface area contributed by atoms with Gasteiger partial charge in [0.05, 0.1) is 6.61 Å². The van der Waals surface area contributed by atoms with Gasteiger partial charge in [-0.3, -0.25) is 0 Å². The first-order valence-electron chi connectivity index (χ1n) is 6.40. The van der Waals surface area contributed by atoms with E-state index in [0.717, 1.165) is 19.4 Å². The molecule has 0 saturated carbocycles. The Balaban J connectivity index is 2.11. The lowest BCUT2D eigenvalue weighted by Gasteiger charge is -2.24. The van der Waals surface area contributed by atoms with E-state index in [9.17, 15) is 8.42 Å². The van der Waals surface area contributed by atoms with Crippen molar-refractivity contribution < 1.29 is 13.2 Å². The molecule has 1 fully saturated rings. The van der Waals surface area contributed by atoms with Crippen molar-refractivity contribution in [1.29, 1.82) is 0 Å². The van der Waals surface area contributed by atoms with Crippen LogP contribution in [0.3, 0.4) is 0 Å². The van der Waals surface area contributed by atoms with Crippen molar-refractivity contribution in [2.45, 2.75) is 23.1 Å². The molecular weight excluding hydrogens is 284 g/mol. The molecule has 0 spiro atoms. The smallest absolute Gasteiger partial charge is 0.252 e. The van der Waals surface area contributed by atoms with E-state index in [-0.39, 0.29) is 6.04 Å². The molecule has 5 nitrogen and oxygen atoms in total. The van der Waals surface area contributed by atoms with Gasteiger partial charge in [0, 0.05) is 26.2 Å². The molecule has 0 radical (unpaired) electrons. The molecule has 1 aliphatic rings. The molecule has 0 bridgehead atoms. The van der Waals surface area contributed by atoms with Gasteiger partial charge in [-0.15, -0.1) is 11.3 Å². The zero-order chi connectivity index (χ0) is 13.7. The third-order valence-electron chi connectivity index (χ3n) is 3.22. The molecule has 0 amide bonds. The van der Waals surface area contributed by atoms with Gasteiger partial charge in [0.2, 0.25) is 0 Å². The van der Waals surface area contributed by atoms with Gasteiger partial charge in [-0.25, -0.2) is 8.42 Å². The molecule has 1 unspecified atom stereocenters. The molecule has 2 heterocycles. The fourth-order valence-electron chi connectivity index (χ4n) is 2.20. The fraction of sp³-hybridized carbons (Fsp3) is 0.667. The molecule has 0 aromatic carbocycles. The summed E-state index contributed by atoms with van der Waals surface area (Å²) in [4.78, 5) is 0. The van der Waals surface area contributed by atoms with Gasteiger partial charge in [0.15, 0.2) is 0 Å². The van der Waals surface area contributed by atoms with Crippen molar-refractivity contribution in [2.75, 3.05) is 33.4 Å². The van der Waals surface area contributed by atoms with Crippen LogP contribution in [0, 0.1) is 0 Å². The zero-order valence-corrected chi connectivity index (χ0v) is 12.7. The Hall–Kier alpha value is -0.470. The van der Waals surface area contributed by atoms with Crippen molar-refractivity contribution in [3.63, 3.8) is 0 Å². The van der Waals surface area contributed by atoms with Gasteiger partial charge >= 0.3 is 0 Å². The third kappa shape index (κ3) is 3.76. The average molecular weight is 304 g/mol. The van der Waals surface area contributed by atoms with E-state index in [2.05, 4.69) is 5.32 Å². The fourth-order valence-corrected chi connectivity index (χ4v) is 4.81. The Morgan fingerprint density at radius 3 is 3.00 bits per heavy atom. The highest BCUT2D eigenvalue weighted by atomic mass is 32.2. The minimum Gasteiger partial charge on any atom is -0.383 e. The maximum absolute atomic E-state index is 12.5. The van der Waals surface area contributed by atoms with Crippen LogP contribution in [0.1, 0.15) is 12.8 Å². The van der Waals surface area contributed by atoms with E-state index in [1.54, 1.807) is 24.6 Å². The molecule has 19 heavy (non-hydrogen) atoms. The molecular formula is C12H20N2O3S2. The summed E-state index contributed by atoms with van der Waals surface area (Å²) in [5.74, 6) is 0. The summed E-state index contributed by atoms with van der Waals surface area (Å²) in [5, 5.41) is 5.12. The van der Waals surface area contributed by atoms with Crippen LogP contribution >= 0.6 is 11.3 Å². The standard InChI is InChI=1S/C12H20N2O3S2/c1-17-8-7-14(10-11-4-2-6-13-11)19(15,16)12-5-3-9-18-12/h3,5,9,11,13H,2,4,6-8,10H2,1H3. The number of ether oxygens (including phenoxy) is 1. The number of rotatable bonds is 7. The van der Waals surface area contributed by atoms with Gasteiger partial charge in [0.1, 0.15) is 4.21 Å². The van der Waals surface area contributed by atoms with Crippen LogP contribution in [-0.2, 0) is 14.8 Å². The lowest BCUT2D eigenvalue weighted by atomic mass is 10.2. The van der Waals surface area contributed by atoms with Crippen LogP contribution in [0.15, 0.2) is 21.7 Å². The second-order valence-corrected chi connectivity index (χ2v) is 7.69. The Morgan fingerprint density at radius 1 is 1.58 bits per heavy atom. The number of nitrogens with one attached hydrogen (secondary N) is 1. The van der Waals surface area contributed by atoms with Crippen molar-refractivity contribution >= 4 is 21.4 Å². The van der Waals surface area contributed by atoms with E-state index in [0.29, 0.717) is 23.9 Å². The molecule has 108 valence electrons. The molecule has 1 aromatic heterocycles. The van der Waals surface area contributed by atoms with Gasteiger partial charge in [-0.05, 0) is 30.8 Å². The topological polar surface area (TPSA) is 58.6 Å². The SMILES string of the molecule is COCCN(CC1CCCN1)S(=O)(=O)c1cccs1. The Labute approximate surface area is 118 Å². The van der Waals surface area contributed by atoms with Crippen LogP contribution in [0.4, 0.5) is 0 Å². The number of methoxy groups -OCH3 is 1. The first-order valence-corrected chi connectivity index (χ1v) is 8.72. The van der Waals surface area contributed by atoms with Crippen LogP contribution < -0.4 is 5.32 Å². The summed E-state index contributed by atoms with van der Waals surface area (Å²) >= 11 is 1.26. The molecule has 2 rings (SSSR count). The van der Waals surface area contributed by atoms with E-state index >= 15 is 0 Å². The van der Waals surface area contributed by atoms with Gasteiger partial charge in [0.25, 0.3) is 10.0 Å². The summed E-state index contributed by atoms with van der Waals surface area (Å²) in [6, 6.07) is 3.67. The molecule has 0 aliphatic carbocycles. The first-order chi connectivity index (χ1) is 9.14. The van der Waals surface area contributed by atoms with Gasteiger partial charge in [-0.2, -0.15) is 4.31 Å². The van der Waals surface area contributed by atoms with Crippen molar-refractivity contribution in [2.24, 2.45) is 0 Å². The van der Waals surface area contributed by atoms with Crippen molar-refractivity contribution in [1.82, 2.24) is 9.62 Å². The zero-order valence-electron chi connectivity index (χ0n) is 11.0. The number of hydrogen-bond donors (Lipinski definition) is 1. The highest BCUT2D eigenvalue weighted by Crippen LogP contribution is 2.22. The number of hydrogen-bond acceptors (Lipinski definition) is 5. The highest BCUT2D eigenvalue weighted by Gasteiger charge is 2.28. The Kier molecular flexibility index (Phi) is 5.35. The summed E-state index contributed by atoms with van der Waals surface area (Å²) in [5.41, 5.74) is 0. The molecule has 1 saturated heterocycles. The second-order valence-electron chi connectivity index (χ2n) is 4.58. The predicted molar refractivity (Wildman–Crippen MR) is 76.0 cm³/mol. The molecule has 1 aliphatic heterocycles. The minimum atomic E-state index is -3.39. The van der Waals surface area contributed by atoms with E-state index in [1.807, 2.05) is 0 Å². The van der Waals surface area contributed by atoms with E-state index < -0.39 is 10.0 Å². The van der Waals surface area contributed by atoms with Gasteiger partial charge in [-0.1, -0.05) is 6.07 Å². The lowest BCUT2D eigenvalue weighted by Crippen LogP contribution is -2.42. The van der Waals surface area contributed by atoms with Gasteiger partial charge < -0.3 is 10.1 Å². The summed E-state index contributed by atoms with van der Waals surface area (Å²) in [7, 11) is -1.80. The maximum atomic E-state index is 12.5. The molecule has 1 atom stereocenters. The van der Waals surface area contributed by atoms with Crippen molar-refractivity contribution in [3.05, 3.63) is 17.5 Å².